The summed E-state index contributed by atoms with van der Waals surface area (Å²) in [7, 11) is -2.61. The Morgan fingerprint density at radius 2 is 1.96 bits per heavy atom. The van der Waals surface area contributed by atoms with Crippen molar-refractivity contribution in [3.05, 3.63) is 54.9 Å². The molecule has 0 saturated heterocycles. The Labute approximate surface area is 149 Å². The van der Waals surface area contributed by atoms with E-state index in [1.807, 2.05) is 0 Å². The van der Waals surface area contributed by atoms with Gasteiger partial charge in [-0.05, 0) is 24.3 Å². The molecule has 0 aliphatic carbocycles. The van der Waals surface area contributed by atoms with Crippen LogP contribution < -0.4 is 9.46 Å². The van der Waals surface area contributed by atoms with Crippen LogP contribution in [0.2, 0.25) is 0 Å². The highest BCUT2D eigenvalue weighted by atomic mass is 32.2. The van der Waals surface area contributed by atoms with Gasteiger partial charge in [0.25, 0.3) is 0 Å². The summed E-state index contributed by atoms with van der Waals surface area (Å²) in [4.78, 5) is 12.2. The van der Waals surface area contributed by atoms with E-state index >= 15 is 0 Å². The van der Waals surface area contributed by atoms with Crippen molar-refractivity contribution in [3.63, 3.8) is 0 Å². The highest BCUT2D eigenvalue weighted by Crippen LogP contribution is 2.24. The molecule has 0 aliphatic heterocycles. The molecule has 0 atom stereocenters. The van der Waals surface area contributed by atoms with Crippen LogP contribution in [0.4, 0.5) is 4.39 Å². The van der Waals surface area contributed by atoms with Crippen LogP contribution in [-0.2, 0) is 16.6 Å². The molecule has 0 spiro atoms. The molecule has 2 aromatic heterocycles. The number of methoxy groups -OCH3 is 1. The zero-order valence-electron chi connectivity index (χ0n) is 13.8. The minimum atomic E-state index is -3.94. The lowest BCUT2D eigenvalue weighted by molar-refractivity contribution is 0.400. The van der Waals surface area contributed by atoms with Gasteiger partial charge in [0, 0.05) is 37.9 Å². The molecule has 3 aromatic rings. The molecule has 10 heteroatoms. The van der Waals surface area contributed by atoms with Crippen molar-refractivity contribution in [2.24, 2.45) is 0 Å². The number of nitrogens with one attached hydrogen (secondary N) is 1. The molecule has 0 saturated carbocycles. The second-order valence-electron chi connectivity index (χ2n) is 5.21. The van der Waals surface area contributed by atoms with Crippen molar-refractivity contribution in [1.29, 1.82) is 0 Å². The van der Waals surface area contributed by atoms with E-state index in [-0.39, 0.29) is 17.2 Å². The van der Waals surface area contributed by atoms with E-state index in [2.05, 4.69) is 19.7 Å². The second-order valence-corrected chi connectivity index (χ2v) is 6.94. The number of sulfonamides is 1. The molecule has 8 nitrogen and oxygen atoms in total. The van der Waals surface area contributed by atoms with E-state index in [1.54, 1.807) is 35.4 Å². The first-order valence-corrected chi connectivity index (χ1v) is 9.11. The van der Waals surface area contributed by atoms with Crippen LogP contribution in [-0.4, -0.2) is 41.6 Å². The average molecular weight is 377 g/mol. The fraction of sp³-hybridized carbons (Fsp3) is 0.188. The summed E-state index contributed by atoms with van der Waals surface area (Å²) in [5.74, 6) is 0.365. The molecule has 0 radical (unpaired) electrons. The van der Waals surface area contributed by atoms with E-state index in [4.69, 9.17) is 4.74 Å². The van der Waals surface area contributed by atoms with Crippen LogP contribution in [0.15, 0.2) is 53.9 Å². The Bertz CT molecular complexity index is 992. The van der Waals surface area contributed by atoms with Gasteiger partial charge in [0.1, 0.15) is 16.5 Å². The van der Waals surface area contributed by atoms with Crippen molar-refractivity contribution in [1.82, 2.24) is 24.2 Å². The largest absolute Gasteiger partial charge is 0.495 e. The lowest BCUT2D eigenvalue weighted by Gasteiger charge is -2.12. The molecule has 26 heavy (non-hydrogen) atoms. The summed E-state index contributed by atoms with van der Waals surface area (Å²) in [5.41, 5.74) is 0. The van der Waals surface area contributed by atoms with Crippen molar-refractivity contribution >= 4 is 10.0 Å². The molecular weight excluding hydrogens is 361 g/mol. The first kappa shape index (κ1) is 18.0. The smallest absolute Gasteiger partial charge is 0.244 e. The quantitative estimate of drug-likeness (QED) is 0.669. The Balaban J connectivity index is 1.73. The molecule has 0 fully saturated rings. The van der Waals surface area contributed by atoms with E-state index < -0.39 is 15.8 Å². The minimum absolute atomic E-state index is 0.0677. The summed E-state index contributed by atoms with van der Waals surface area (Å²) in [6.45, 7) is 0.364. The third kappa shape index (κ3) is 3.86. The van der Waals surface area contributed by atoms with Crippen molar-refractivity contribution in [3.8, 4) is 17.4 Å². The van der Waals surface area contributed by atoms with Crippen LogP contribution in [0, 0.1) is 5.82 Å². The minimum Gasteiger partial charge on any atom is -0.495 e. The summed E-state index contributed by atoms with van der Waals surface area (Å²) in [5, 5.41) is 0. The predicted octanol–water partition coefficient (Wildman–Crippen LogP) is 1.47. The molecule has 0 amide bonds. The Morgan fingerprint density at radius 3 is 2.69 bits per heavy atom. The second kappa shape index (κ2) is 7.58. The van der Waals surface area contributed by atoms with Gasteiger partial charge in [-0.2, -0.15) is 0 Å². The topological polar surface area (TPSA) is 99.0 Å². The number of hydrogen-bond donors (Lipinski definition) is 1. The molecule has 3 rings (SSSR count). The zero-order chi connectivity index (χ0) is 18.6. The van der Waals surface area contributed by atoms with Crippen LogP contribution in [0.25, 0.3) is 11.6 Å². The lowest BCUT2D eigenvalue weighted by Crippen LogP contribution is -2.28. The fourth-order valence-electron chi connectivity index (χ4n) is 2.35. The maximum Gasteiger partial charge on any atom is 0.244 e. The number of hydrogen-bond acceptors (Lipinski definition) is 6. The van der Waals surface area contributed by atoms with Gasteiger partial charge in [0.2, 0.25) is 10.0 Å². The van der Waals surface area contributed by atoms with Crippen molar-refractivity contribution < 1.29 is 17.5 Å². The molecule has 2 heterocycles. The number of benzene rings is 1. The number of nitrogens with zero attached hydrogens (tertiary/aromatic N) is 4. The normalized spacial score (nSPS) is 11.5. The lowest BCUT2D eigenvalue weighted by atomic mass is 10.3. The van der Waals surface area contributed by atoms with E-state index in [1.165, 1.54) is 13.2 Å². The van der Waals surface area contributed by atoms with Gasteiger partial charge in [-0.1, -0.05) is 0 Å². The van der Waals surface area contributed by atoms with E-state index in [0.29, 0.717) is 18.2 Å². The van der Waals surface area contributed by atoms with E-state index in [0.717, 1.165) is 12.1 Å². The number of rotatable bonds is 7. The first-order chi connectivity index (χ1) is 12.5. The van der Waals surface area contributed by atoms with Crippen LogP contribution in [0.1, 0.15) is 0 Å². The number of ether oxygens (including phenoxy) is 1. The maximum atomic E-state index is 13.4. The highest BCUT2D eigenvalue weighted by Gasteiger charge is 2.20. The SMILES string of the molecule is COc1ccc(F)cc1S(=O)(=O)NCCn1ccnc1-c1ncccn1. The molecule has 0 unspecified atom stereocenters. The number of imidazole rings is 1. The fourth-order valence-corrected chi connectivity index (χ4v) is 3.55. The molecule has 0 aliphatic rings. The van der Waals surface area contributed by atoms with Gasteiger partial charge in [-0.3, -0.25) is 0 Å². The number of aromatic nitrogens is 4. The van der Waals surface area contributed by atoms with Crippen LogP contribution in [0.5, 0.6) is 5.75 Å². The molecule has 1 N–H and O–H groups in total. The average Bonchev–Trinajstić information content (AvgIpc) is 3.11. The molecular formula is C16H16FN5O3S. The van der Waals surface area contributed by atoms with E-state index in [9.17, 15) is 12.8 Å². The van der Waals surface area contributed by atoms with Gasteiger partial charge in [0.15, 0.2) is 11.6 Å². The third-order valence-corrected chi connectivity index (χ3v) is 5.02. The predicted molar refractivity (Wildman–Crippen MR) is 91.4 cm³/mol. The summed E-state index contributed by atoms with van der Waals surface area (Å²) in [6, 6.07) is 5.01. The van der Waals surface area contributed by atoms with Gasteiger partial charge in [0.05, 0.1) is 7.11 Å². The maximum absolute atomic E-state index is 13.4. The Kier molecular flexibility index (Phi) is 5.24. The van der Waals surface area contributed by atoms with Gasteiger partial charge in [-0.25, -0.2) is 32.5 Å². The van der Waals surface area contributed by atoms with Gasteiger partial charge >= 0.3 is 0 Å². The molecule has 1 aromatic carbocycles. The van der Waals surface area contributed by atoms with Crippen LogP contribution >= 0.6 is 0 Å². The van der Waals surface area contributed by atoms with Crippen LogP contribution in [0.3, 0.4) is 0 Å². The Hall–Kier alpha value is -2.85. The summed E-state index contributed by atoms with van der Waals surface area (Å²) in [6.07, 6.45) is 6.47. The summed E-state index contributed by atoms with van der Waals surface area (Å²) < 4.78 is 47.5. The standard InChI is InChI=1S/C16H16FN5O3S/c1-25-13-4-3-12(17)11-14(13)26(23,24)21-8-10-22-9-7-20-16(22)15-18-5-2-6-19-15/h2-7,9,11,21H,8,10H2,1H3. The highest BCUT2D eigenvalue weighted by molar-refractivity contribution is 7.89. The van der Waals surface area contributed by atoms with Crippen molar-refractivity contribution in [2.75, 3.05) is 13.7 Å². The third-order valence-electron chi connectivity index (χ3n) is 3.54. The zero-order valence-corrected chi connectivity index (χ0v) is 14.6. The monoisotopic (exact) mass is 377 g/mol. The summed E-state index contributed by atoms with van der Waals surface area (Å²) >= 11 is 0. The Morgan fingerprint density at radius 1 is 1.19 bits per heavy atom. The van der Waals surface area contributed by atoms with Crippen molar-refractivity contribution in [2.45, 2.75) is 11.4 Å². The van der Waals surface area contributed by atoms with Gasteiger partial charge < -0.3 is 9.30 Å². The molecule has 0 bridgehead atoms. The number of halogens is 1. The first-order valence-electron chi connectivity index (χ1n) is 7.63. The molecule has 136 valence electrons. The van der Waals surface area contributed by atoms with Gasteiger partial charge in [-0.15, -0.1) is 0 Å².